The molecule has 2 fully saturated rings. The molecule has 2 aromatic carbocycles. The lowest BCUT2D eigenvalue weighted by Gasteiger charge is -2.42. The summed E-state index contributed by atoms with van der Waals surface area (Å²) >= 11 is 0. The van der Waals surface area contributed by atoms with E-state index in [0.717, 1.165) is 0 Å². The van der Waals surface area contributed by atoms with Crippen molar-refractivity contribution in [3.05, 3.63) is 54.1 Å². The summed E-state index contributed by atoms with van der Waals surface area (Å²) in [5.74, 6) is -0.989. The van der Waals surface area contributed by atoms with Crippen LogP contribution in [0.3, 0.4) is 0 Å². The van der Waals surface area contributed by atoms with Crippen molar-refractivity contribution in [3.63, 3.8) is 0 Å². The normalized spacial score (nSPS) is 31.4. The lowest BCUT2D eigenvalue weighted by Crippen LogP contribution is -2.65. The first-order chi connectivity index (χ1) is 21.4. The molecule has 2 saturated heterocycles. The first-order valence-electron chi connectivity index (χ1n) is 14.1. The molecule has 2 heterocycles. The predicted octanol–water partition coefficient (Wildman–Crippen LogP) is -2.42. The lowest BCUT2D eigenvalue weighted by atomic mass is 9.97. The number of hydrogen-bond donors (Lipinski definition) is 9. The largest absolute Gasteiger partial charge is 0.463 e. The van der Waals surface area contributed by atoms with E-state index in [2.05, 4.69) is 16.0 Å². The molecule has 0 aromatic heterocycles. The van der Waals surface area contributed by atoms with E-state index < -0.39 is 92.2 Å². The lowest BCUT2D eigenvalue weighted by molar-refractivity contribution is -0.244. The van der Waals surface area contributed by atoms with Crippen LogP contribution >= 0.6 is 0 Å². The maximum absolute atomic E-state index is 12.9. The zero-order chi connectivity index (χ0) is 32.8. The van der Waals surface area contributed by atoms with Gasteiger partial charge in [-0.05, 0) is 48.5 Å². The van der Waals surface area contributed by atoms with Crippen LogP contribution in [0.15, 0.2) is 48.5 Å². The maximum atomic E-state index is 12.9. The van der Waals surface area contributed by atoms with Gasteiger partial charge < -0.3 is 65.5 Å². The van der Waals surface area contributed by atoms with E-state index in [4.69, 9.17) is 18.9 Å². The average Bonchev–Trinajstić information content (AvgIpc) is 3.01. The second-order valence-electron chi connectivity index (χ2n) is 10.6. The molecule has 0 bridgehead atoms. The van der Waals surface area contributed by atoms with E-state index in [1.165, 1.54) is 62.4 Å². The van der Waals surface area contributed by atoms with Gasteiger partial charge in [0.25, 0.3) is 5.91 Å². The fraction of sp³-hybridized carbons (Fsp3) is 0.483. The minimum absolute atomic E-state index is 0.220. The maximum Gasteiger partial charge on any atom is 0.255 e. The highest BCUT2D eigenvalue weighted by atomic mass is 16.7. The molecular formula is C29H37N3O13. The van der Waals surface area contributed by atoms with Crippen molar-refractivity contribution in [3.8, 4) is 11.5 Å². The number of aliphatic hydroxyl groups excluding tert-OH is 6. The number of aliphatic hydroxyl groups is 6. The van der Waals surface area contributed by atoms with Crippen LogP contribution in [0.4, 0.5) is 5.69 Å². The third kappa shape index (κ3) is 8.24. The van der Waals surface area contributed by atoms with Gasteiger partial charge in [0, 0.05) is 25.1 Å². The number of ether oxygens (including phenoxy) is 4. The topological polar surface area (TPSA) is 246 Å². The van der Waals surface area contributed by atoms with Crippen molar-refractivity contribution in [1.29, 1.82) is 0 Å². The third-order valence-electron chi connectivity index (χ3n) is 7.23. The van der Waals surface area contributed by atoms with Crippen LogP contribution in [-0.2, 0) is 19.1 Å². The van der Waals surface area contributed by atoms with Gasteiger partial charge in [-0.3, -0.25) is 14.4 Å². The Labute approximate surface area is 257 Å². The summed E-state index contributed by atoms with van der Waals surface area (Å²) in [7, 11) is 0. The fourth-order valence-corrected chi connectivity index (χ4v) is 4.92. The van der Waals surface area contributed by atoms with Crippen molar-refractivity contribution in [2.45, 2.75) is 75.1 Å². The number of anilines is 1. The van der Waals surface area contributed by atoms with E-state index in [9.17, 15) is 45.0 Å². The van der Waals surface area contributed by atoms with E-state index in [1.807, 2.05) is 0 Å². The highest BCUT2D eigenvalue weighted by Gasteiger charge is 2.47. The van der Waals surface area contributed by atoms with Crippen molar-refractivity contribution in [2.75, 3.05) is 18.5 Å². The van der Waals surface area contributed by atoms with Crippen LogP contribution < -0.4 is 25.4 Å². The Kier molecular flexibility index (Phi) is 11.3. The van der Waals surface area contributed by atoms with Crippen molar-refractivity contribution >= 4 is 23.4 Å². The molecule has 10 atom stereocenters. The summed E-state index contributed by atoms with van der Waals surface area (Å²) in [5, 5.41) is 67.8. The molecule has 2 aliphatic heterocycles. The highest BCUT2D eigenvalue weighted by Crippen LogP contribution is 2.27. The molecule has 3 amide bonds. The molecule has 9 N–H and O–H groups in total. The summed E-state index contributed by atoms with van der Waals surface area (Å²) in [6.07, 6.45) is -10.6. The minimum atomic E-state index is -1.47. The van der Waals surface area contributed by atoms with Gasteiger partial charge in [0.2, 0.25) is 24.4 Å². The SMILES string of the molecule is CC(=O)NC1[C@H](Oc2ccc(NC(=O)c3ccc(O[C@@H]4OC(CO)[C@@H](O)[C@H](O)C4NC(C)=O)cc3)cc2)OC(CO)[C@@H](O)[C@@H]1O. The molecule has 246 valence electrons. The predicted molar refractivity (Wildman–Crippen MR) is 153 cm³/mol. The van der Waals surface area contributed by atoms with Gasteiger partial charge in [-0.2, -0.15) is 0 Å². The molecule has 0 radical (unpaired) electrons. The van der Waals surface area contributed by atoms with E-state index in [0.29, 0.717) is 5.69 Å². The van der Waals surface area contributed by atoms with Gasteiger partial charge in [-0.15, -0.1) is 0 Å². The molecule has 0 saturated carbocycles. The first-order valence-corrected chi connectivity index (χ1v) is 14.1. The standard InChI is InChI=1S/C29H37N3O13/c1-13(35)30-21-25(39)23(37)19(11-33)44-28(21)42-17-7-3-15(4-8-17)27(41)32-16-5-9-18(10-6-16)43-29-22(31-14(2)36)26(40)24(38)20(12-34)45-29/h3-10,19-26,28-29,33-34,37-40H,11-12H2,1-2H3,(H,30,35)(H,31,36)(H,32,41)/t19?,20?,21?,22?,23-,24-,25-,26-,28-,29-/m1/s1. The van der Waals surface area contributed by atoms with Crippen LogP contribution in [0.5, 0.6) is 11.5 Å². The smallest absolute Gasteiger partial charge is 0.255 e. The number of benzene rings is 2. The summed E-state index contributed by atoms with van der Waals surface area (Å²) in [6, 6.07) is 9.69. The molecule has 0 aliphatic carbocycles. The number of rotatable bonds is 10. The molecule has 2 aromatic rings. The van der Waals surface area contributed by atoms with Crippen LogP contribution in [0, 0.1) is 0 Å². The molecule has 4 rings (SSSR count). The monoisotopic (exact) mass is 635 g/mol. The Hall–Kier alpha value is -3.87. The molecule has 0 spiro atoms. The number of amides is 3. The Morgan fingerprint density at radius 2 is 1.07 bits per heavy atom. The van der Waals surface area contributed by atoms with Gasteiger partial charge in [-0.1, -0.05) is 0 Å². The van der Waals surface area contributed by atoms with E-state index >= 15 is 0 Å². The minimum Gasteiger partial charge on any atom is -0.463 e. The van der Waals surface area contributed by atoms with Gasteiger partial charge >= 0.3 is 0 Å². The number of nitrogens with one attached hydrogen (secondary N) is 3. The van der Waals surface area contributed by atoms with Gasteiger partial charge in [0.05, 0.1) is 13.2 Å². The quantitative estimate of drug-likeness (QED) is 0.132. The van der Waals surface area contributed by atoms with Crippen LogP contribution in [0.1, 0.15) is 24.2 Å². The molecule has 16 heteroatoms. The van der Waals surface area contributed by atoms with Gasteiger partial charge in [-0.25, -0.2) is 0 Å². The van der Waals surface area contributed by atoms with Crippen molar-refractivity contribution < 1.29 is 64.0 Å². The Morgan fingerprint density at radius 3 is 1.44 bits per heavy atom. The summed E-state index contributed by atoms with van der Waals surface area (Å²) < 4.78 is 22.6. The van der Waals surface area contributed by atoms with E-state index in [1.54, 1.807) is 0 Å². The zero-order valence-electron chi connectivity index (χ0n) is 24.3. The third-order valence-corrected chi connectivity index (χ3v) is 7.23. The van der Waals surface area contributed by atoms with Gasteiger partial charge in [0.1, 0.15) is 60.2 Å². The Bertz CT molecular complexity index is 1310. The zero-order valence-corrected chi connectivity index (χ0v) is 24.3. The molecule has 2 aliphatic rings. The molecule has 45 heavy (non-hydrogen) atoms. The molecular weight excluding hydrogens is 598 g/mol. The van der Waals surface area contributed by atoms with E-state index in [-0.39, 0.29) is 17.1 Å². The number of hydrogen-bond acceptors (Lipinski definition) is 13. The van der Waals surface area contributed by atoms with Gasteiger partial charge in [0.15, 0.2) is 0 Å². The molecule has 4 unspecified atom stereocenters. The van der Waals surface area contributed by atoms with Crippen molar-refractivity contribution in [1.82, 2.24) is 10.6 Å². The van der Waals surface area contributed by atoms with Crippen LogP contribution in [0.25, 0.3) is 0 Å². The van der Waals surface area contributed by atoms with Crippen molar-refractivity contribution in [2.24, 2.45) is 0 Å². The van der Waals surface area contributed by atoms with Crippen LogP contribution in [0.2, 0.25) is 0 Å². The highest BCUT2D eigenvalue weighted by molar-refractivity contribution is 6.04. The first kappa shape index (κ1) is 34.0. The summed E-state index contributed by atoms with van der Waals surface area (Å²) in [4.78, 5) is 36.1. The average molecular weight is 636 g/mol. The second-order valence-corrected chi connectivity index (χ2v) is 10.6. The Morgan fingerprint density at radius 1 is 0.667 bits per heavy atom. The fourth-order valence-electron chi connectivity index (χ4n) is 4.92. The van der Waals surface area contributed by atoms with Crippen LogP contribution in [-0.4, -0.2) is 123 Å². The number of carbonyl (C=O) groups is 3. The second kappa shape index (κ2) is 14.9. The Balaban J connectivity index is 1.37. The molecule has 16 nitrogen and oxygen atoms in total. The summed E-state index contributed by atoms with van der Waals surface area (Å²) in [6.45, 7) is 1.26. The number of carbonyl (C=O) groups excluding carboxylic acids is 3. The summed E-state index contributed by atoms with van der Waals surface area (Å²) in [5.41, 5.74) is 0.654.